The second-order valence-corrected chi connectivity index (χ2v) is 4.72. The lowest BCUT2D eigenvalue weighted by molar-refractivity contribution is 0.483. The van der Waals surface area contributed by atoms with Crippen LogP contribution in [0.25, 0.3) is 0 Å². The Labute approximate surface area is 120 Å². The van der Waals surface area contributed by atoms with E-state index in [-0.39, 0.29) is 0 Å². The summed E-state index contributed by atoms with van der Waals surface area (Å²) in [5.74, 6) is 1.70. The van der Waals surface area contributed by atoms with Gasteiger partial charge in [0.1, 0.15) is 11.5 Å². The molecule has 106 valence electrons. The van der Waals surface area contributed by atoms with E-state index in [2.05, 4.69) is 11.4 Å². The number of benzene rings is 2. The molecule has 2 aromatic rings. The van der Waals surface area contributed by atoms with Crippen LogP contribution in [0.1, 0.15) is 19.3 Å². The third kappa shape index (κ3) is 4.94. The number of unbranched alkanes of at least 4 members (excludes halogenated alkanes) is 2. The van der Waals surface area contributed by atoms with E-state index in [0.29, 0.717) is 0 Å². The molecule has 0 aromatic heterocycles. The van der Waals surface area contributed by atoms with Gasteiger partial charge in [-0.1, -0.05) is 30.7 Å². The number of hydrogen-bond acceptors (Lipinski definition) is 3. The summed E-state index contributed by atoms with van der Waals surface area (Å²) in [6.45, 7) is 1.75. The average Bonchev–Trinajstić information content (AvgIpc) is 2.48. The molecule has 0 aliphatic rings. The van der Waals surface area contributed by atoms with Crippen LogP contribution in [0.5, 0.6) is 11.5 Å². The molecule has 3 nitrogen and oxygen atoms in total. The van der Waals surface area contributed by atoms with E-state index >= 15 is 0 Å². The van der Waals surface area contributed by atoms with Gasteiger partial charge >= 0.3 is 0 Å². The Balaban J connectivity index is 1.84. The molecular weight excluding hydrogens is 248 g/mol. The van der Waals surface area contributed by atoms with Crippen LogP contribution in [-0.2, 0) is 0 Å². The highest BCUT2D eigenvalue weighted by Gasteiger charge is 1.98. The van der Waals surface area contributed by atoms with Gasteiger partial charge in [0.25, 0.3) is 0 Å². The van der Waals surface area contributed by atoms with Crippen LogP contribution in [0, 0.1) is 0 Å². The zero-order chi connectivity index (χ0) is 14.0. The maximum absolute atomic E-state index is 5.81. The molecule has 3 N–H and O–H groups in total. The summed E-state index contributed by atoms with van der Waals surface area (Å²) in [7, 11) is 0. The summed E-state index contributed by atoms with van der Waals surface area (Å²) in [6, 6.07) is 17.9. The summed E-state index contributed by atoms with van der Waals surface area (Å²) in [6.07, 6.45) is 3.41. The largest absolute Gasteiger partial charge is 0.457 e. The number of nitrogens with one attached hydrogen (secondary N) is 1. The zero-order valence-corrected chi connectivity index (χ0v) is 11.7. The lowest BCUT2D eigenvalue weighted by atomic mass is 10.2. The lowest BCUT2D eigenvalue weighted by Gasteiger charge is -2.09. The molecule has 0 aliphatic carbocycles. The van der Waals surface area contributed by atoms with Crippen molar-refractivity contribution in [2.45, 2.75) is 19.3 Å². The molecule has 0 atom stereocenters. The van der Waals surface area contributed by atoms with Crippen LogP contribution in [-0.4, -0.2) is 13.1 Å². The summed E-state index contributed by atoms with van der Waals surface area (Å²) in [5.41, 5.74) is 6.57. The van der Waals surface area contributed by atoms with E-state index in [4.69, 9.17) is 10.5 Å². The molecule has 2 rings (SSSR count). The fraction of sp³-hybridized carbons (Fsp3) is 0.294. The van der Waals surface area contributed by atoms with E-state index in [1.165, 1.54) is 6.42 Å². The van der Waals surface area contributed by atoms with E-state index < -0.39 is 0 Å². The van der Waals surface area contributed by atoms with Crippen molar-refractivity contribution in [3.05, 3.63) is 54.6 Å². The number of rotatable bonds is 8. The predicted molar refractivity (Wildman–Crippen MR) is 84.4 cm³/mol. The van der Waals surface area contributed by atoms with Crippen LogP contribution in [0.15, 0.2) is 54.6 Å². The first-order valence-electron chi connectivity index (χ1n) is 7.15. The zero-order valence-electron chi connectivity index (χ0n) is 11.7. The van der Waals surface area contributed by atoms with Gasteiger partial charge < -0.3 is 15.8 Å². The molecule has 3 heteroatoms. The van der Waals surface area contributed by atoms with E-state index in [1.807, 2.05) is 48.5 Å². The summed E-state index contributed by atoms with van der Waals surface area (Å²) in [4.78, 5) is 0. The third-order valence-corrected chi connectivity index (χ3v) is 3.02. The van der Waals surface area contributed by atoms with Crippen LogP contribution in [0.3, 0.4) is 0 Å². The van der Waals surface area contributed by atoms with Crippen molar-refractivity contribution in [1.82, 2.24) is 0 Å². The van der Waals surface area contributed by atoms with Crippen molar-refractivity contribution in [2.24, 2.45) is 5.73 Å². The Bertz CT molecular complexity index is 499. The predicted octanol–water partition coefficient (Wildman–Crippen LogP) is 4.02. The molecule has 0 bridgehead atoms. The van der Waals surface area contributed by atoms with Gasteiger partial charge in [-0.2, -0.15) is 0 Å². The van der Waals surface area contributed by atoms with Gasteiger partial charge in [-0.25, -0.2) is 0 Å². The Morgan fingerprint density at radius 3 is 2.45 bits per heavy atom. The average molecular weight is 270 g/mol. The molecular formula is C17H22N2O. The molecule has 0 spiro atoms. The van der Waals surface area contributed by atoms with E-state index in [0.717, 1.165) is 43.1 Å². The first-order valence-corrected chi connectivity index (χ1v) is 7.15. The highest BCUT2D eigenvalue weighted by Crippen LogP contribution is 2.23. The second kappa shape index (κ2) is 8.23. The monoisotopic (exact) mass is 270 g/mol. The van der Waals surface area contributed by atoms with Gasteiger partial charge in [0.2, 0.25) is 0 Å². The lowest BCUT2D eigenvalue weighted by Crippen LogP contribution is -2.03. The van der Waals surface area contributed by atoms with Gasteiger partial charge in [-0.3, -0.25) is 0 Å². The van der Waals surface area contributed by atoms with Gasteiger partial charge in [0.05, 0.1) is 0 Å². The molecule has 0 heterocycles. The number of para-hydroxylation sites is 1. The van der Waals surface area contributed by atoms with Gasteiger partial charge in [0, 0.05) is 18.3 Å². The smallest absolute Gasteiger partial charge is 0.129 e. The summed E-state index contributed by atoms with van der Waals surface area (Å²) < 4.78 is 5.81. The number of ether oxygens (including phenoxy) is 1. The second-order valence-electron chi connectivity index (χ2n) is 4.72. The van der Waals surface area contributed by atoms with Gasteiger partial charge in [-0.15, -0.1) is 0 Å². The summed E-state index contributed by atoms with van der Waals surface area (Å²) in [5, 5.41) is 3.41. The Hall–Kier alpha value is -2.00. The van der Waals surface area contributed by atoms with E-state index in [1.54, 1.807) is 0 Å². The van der Waals surface area contributed by atoms with Gasteiger partial charge in [0.15, 0.2) is 0 Å². The van der Waals surface area contributed by atoms with Crippen molar-refractivity contribution < 1.29 is 4.74 Å². The van der Waals surface area contributed by atoms with Crippen molar-refractivity contribution in [3.8, 4) is 11.5 Å². The SMILES string of the molecule is NCCCCCNc1cccc(Oc2ccccc2)c1. The molecule has 0 unspecified atom stereocenters. The standard InChI is InChI=1S/C17H22N2O/c18-12-5-2-6-13-19-15-8-7-11-17(14-15)20-16-9-3-1-4-10-16/h1,3-4,7-11,14,19H,2,5-6,12-13,18H2. The minimum Gasteiger partial charge on any atom is -0.457 e. The number of nitrogens with two attached hydrogens (primary N) is 1. The minimum absolute atomic E-state index is 0.778. The van der Waals surface area contributed by atoms with Crippen molar-refractivity contribution in [3.63, 3.8) is 0 Å². The Morgan fingerprint density at radius 2 is 1.65 bits per heavy atom. The fourth-order valence-corrected chi connectivity index (χ4v) is 1.97. The minimum atomic E-state index is 0.778. The summed E-state index contributed by atoms with van der Waals surface area (Å²) >= 11 is 0. The molecule has 0 saturated carbocycles. The maximum atomic E-state index is 5.81. The number of anilines is 1. The van der Waals surface area contributed by atoms with Crippen molar-refractivity contribution >= 4 is 5.69 Å². The highest BCUT2D eigenvalue weighted by molar-refractivity contribution is 5.49. The Morgan fingerprint density at radius 1 is 0.850 bits per heavy atom. The van der Waals surface area contributed by atoms with Crippen LogP contribution < -0.4 is 15.8 Å². The first-order chi connectivity index (χ1) is 9.88. The van der Waals surface area contributed by atoms with Crippen LogP contribution in [0.4, 0.5) is 5.69 Å². The normalized spacial score (nSPS) is 10.2. The molecule has 0 aliphatic heterocycles. The third-order valence-electron chi connectivity index (χ3n) is 3.02. The number of hydrogen-bond donors (Lipinski definition) is 2. The molecule has 0 saturated heterocycles. The molecule has 2 aromatic carbocycles. The first kappa shape index (κ1) is 14.4. The highest BCUT2D eigenvalue weighted by atomic mass is 16.5. The molecule has 0 amide bonds. The maximum Gasteiger partial charge on any atom is 0.129 e. The molecule has 0 fully saturated rings. The quantitative estimate of drug-likeness (QED) is 0.712. The molecule has 0 radical (unpaired) electrons. The van der Waals surface area contributed by atoms with Crippen molar-refractivity contribution in [1.29, 1.82) is 0 Å². The van der Waals surface area contributed by atoms with Gasteiger partial charge in [-0.05, 0) is 43.7 Å². The van der Waals surface area contributed by atoms with Crippen LogP contribution >= 0.6 is 0 Å². The van der Waals surface area contributed by atoms with Crippen molar-refractivity contribution in [2.75, 3.05) is 18.4 Å². The topological polar surface area (TPSA) is 47.3 Å². The van der Waals surface area contributed by atoms with Crippen LogP contribution in [0.2, 0.25) is 0 Å². The molecule has 20 heavy (non-hydrogen) atoms. The Kier molecular flexibility index (Phi) is 5.93. The van der Waals surface area contributed by atoms with E-state index in [9.17, 15) is 0 Å². The fourth-order valence-electron chi connectivity index (χ4n) is 1.97.